The van der Waals surface area contributed by atoms with Crippen molar-refractivity contribution in [2.24, 2.45) is 0 Å². The van der Waals surface area contributed by atoms with Crippen LogP contribution in [0.2, 0.25) is 0 Å². The number of carboxylic acids is 1. The van der Waals surface area contributed by atoms with Gasteiger partial charge in [0, 0.05) is 14.2 Å². The topological polar surface area (TPSA) is 37.3 Å². The number of aryl methyl sites for hydroxylation is 1. The summed E-state index contributed by atoms with van der Waals surface area (Å²) in [6.07, 6.45) is 4.09. The number of carbonyl (C=O) groups is 1. The van der Waals surface area contributed by atoms with E-state index >= 15 is 0 Å². The SMILES string of the molecule is CCC(C(=O)O)c1sc2c(c1Br)CCC2. The van der Waals surface area contributed by atoms with Crippen LogP contribution in [-0.4, -0.2) is 11.1 Å². The van der Waals surface area contributed by atoms with Gasteiger partial charge < -0.3 is 5.11 Å². The summed E-state index contributed by atoms with van der Waals surface area (Å²) in [7, 11) is 0. The number of hydrogen-bond acceptors (Lipinski definition) is 2. The minimum Gasteiger partial charge on any atom is -0.481 e. The predicted octanol–water partition coefficient (Wildman–Crippen LogP) is 3.58. The Morgan fingerprint density at radius 3 is 2.87 bits per heavy atom. The number of carboxylic acid groups (broad SMARTS) is 1. The lowest BCUT2D eigenvalue weighted by Crippen LogP contribution is -2.09. The molecule has 1 aromatic rings. The molecule has 1 N–H and O–H groups in total. The summed E-state index contributed by atoms with van der Waals surface area (Å²) >= 11 is 5.24. The lowest BCUT2D eigenvalue weighted by atomic mass is 10.0. The number of halogens is 1. The molecule has 0 radical (unpaired) electrons. The van der Waals surface area contributed by atoms with Gasteiger partial charge in [0.05, 0.1) is 5.92 Å². The van der Waals surface area contributed by atoms with Gasteiger partial charge in [-0.15, -0.1) is 11.3 Å². The summed E-state index contributed by atoms with van der Waals surface area (Å²) in [6.45, 7) is 1.93. The number of hydrogen-bond donors (Lipinski definition) is 1. The van der Waals surface area contributed by atoms with Crippen LogP contribution in [0.3, 0.4) is 0 Å². The number of aliphatic carboxylic acids is 1. The third-order valence-corrected chi connectivity index (χ3v) is 5.48. The van der Waals surface area contributed by atoms with Crippen molar-refractivity contribution in [3.63, 3.8) is 0 Å². The molecule has 0 spiro atoms. The standard InChI is InChI=1S/C11H13BrO2S/c1-2-6(11(13)14)10-9(12)7-4-3-5-8(7)15-10/h6H,2-5H2,1H3,(H,13,14). The predicted molar refractivity (Wildman–Crippen MR) is 64.7 cm³/mol. The maximum atomic E-state index is 11.1. The van der Waals surface area contributed by atoms with Crippen LogP contribution in [0.15, 0.2) is 4.47 Å². The number of fused-ring (bicyclic) bond motifs is 1. The Labute approximate surface area is 101 Å². The van der Waals surface area contributed by atoms with Crippen molar-refractivity contribution >= 4 is 33.2 Å². The minimum atomic E-state index is -0.710. The van der Waals surface area contributed by atoms with Gasteiger partial charge in [-0.25, -0.2) is 0 Å². The first-order valence-corrected chi connectivity index (χ1v) is 6.78. The summed E-state index contributed by atoms with van der Waals surface area (Å²) in [5.41, 5.74) is 1.36. The summed E-state index contributed by atoms with van der Waals surface area (Å²) in [5.74, 6) is -1.05. The van der Waals surface area contributed by atoms with E-state index in [1.807, 2.05) is 6.92 Å². The Morgan fingerprint density at radius 2 is 2.33 bits per heavy atom. The maximum absolute atomic E-state index is 11.1. The third-order valence-electron chi connectivity index (χ3n) is 2.90. The monoisotopic (exact) mass is 288 g/mol. The van der Waals surface area contributed by atoms with Crippen molar-refractivity contribution < 1.29 is 9.90 Å². The Hall–Kier alpha value is -0.350. The zero-order valence-electron chi connectivity index (χ0n) is 8.55. The van der Waals surface area contributed by atoms with Crippen LogP contribution in [-0.2, 0) is 17.6 Å². The first-order chi connectivity index (χ1) is 7.15. The highest BCUT2D eigenvalue weighted by Crippen LogP contribution is 2.43. The van der Waals surface area contributed by atoms with Gasteiger partial charge in [-0.2, -0.15) is 0 Å². The molecule has 1 atom stereocenters. The van der Waals surface area contributed by atoms with Crippen molar-refractivity contribution in [1.82, 2.24) is 0 Å². The number of rotatable bonds is 3. The zero-order chi connectivity index (χ0) is 11.0. The molecule has 1 aliphatic carbocycles. The zero-order valence-corrected chi connectivity index (χ0v) is 10.9. The molecule has 0 fully saturated rings. The van der Waals surface area contributed by atoms with Crippen molar-refractivity contribution in [1.29, 1.82) is 0 Å². The van der Waals surface area contributed by atoms with Crippen LogP contribution in [0.1, 0.15) is 41.0 Å². The molecular formula is C11H13BrO2S. The summed E-state index contributed by atoms with van der Waals surface area (Å²) < 4.78 is 1.06. The average molecular weight is 289 g/mol. The highest BCUT2D eigenvalue weighted by atomic mass is 79.9. The number of thiophene rings is 1. The van der Waals surface area contributed by atoms with Gasteiger partial charge >= 0.3 is 5.97 Å². The van der Waals surface area contributed by atoms with Crippen molar-refractivity contribution in [3.05, 3.63) is 19.8 Å². The fraction of sp³-hybridized carbons (Fsp3) is 0.545. The molecule has 0 aliphatic heterocycles. The molecule has 1 aliphatic rings. The molecule has 1 aromatic heterocycles. The Balaban J connectivity index is 2.40. The van der Waals surface area contributed by atoms with Crippen LogP contribution < -0.4 is 0 Å². The average Bonchev–Trinajstić information content (AvgIpc) is 2.72. The van der Waals surface area contributed by atoms with Crippen molar-refractivity contribution in [2.75, 3.05) is 0 Å². The van der Waals surface area contributed by atoms with E-state index < -0.39 is 5.97 Å². The smallest absolute Gasteiger partial charge is 0.311 e. The first-order valence-electron chi connectivity index (χ1n) is 5.17. The molecule has 2 nitrogen and oxygen atoms in total. The molecule has 0 amide bonds. The van der Waals surface area contributed by atoms with Crippen LogP contribution in [0.4, 0.5) is 0 Å². The molecule has 1 unspecified atom stereocenters. The van der Waals surface area contributed by atoms with E-state index in [1.165, 1.54) is 16.9 Å². The second-order valence-electron chi connectivity index (χ2n) is 3.83. The minimum absolute atomic E-state index is 0.338. The quantitative estimate of drug-likeness (QED) is 0.923. The molecule has 0 saturated heterocycles. The van der Waals surface area contributed by atoms with Crippen LogP contribution >= 0.6 is 27.3 Å². The highest BCUT2D eigenvalue weighted by molar-refractivity contribution is 9.10. The molecule has 2 rings (SSSR count). The van der Waals surface area contributed by atoms with E-state index in [-0.39, 0.29) is 5.92 Å². The molecular weight excluding hydrogens is 276 g/mol. The van der Waals surface area contributed by atoms with Gasteiger partial charge in [0.1, 0.15) is 0 Å². The van der Waals surface area contributed by atoms with Gasteiger partial charge in [0.2, 0.25) is 0 Å². The van der Waals surface area contributed by atoms with E-state index in [9.17, 15) is 4.79 Å². The van der Waals surface area contributed by atoms with Crippen molar-refractivity contribution in [2.45, 2.75) is 38.5 Å². The summed E-state index contributed by atoms with van der Waals surface area (Å²) in [5, 5.41) is 9.13. The van der Waals surface area contributed by atoms with Crippen LogP contribution in [0.5, 0.6) is 0 Å². The van der Waals surface area contributed by atoms with E-state index in [2.05, 4.69) is 15.9 Å². The molecule has 1 heterocycles. The van der Waals surface area contributed by atoms with Crippen molar-refractivity contribution in [3.8, 4) is 0 Å². The molecule has 0 aromatic carbocycles. The molecule has 0 bridgehead atoms. The van der Waals surface area contributed by atoms with Gasteiger partial charge in [0.15, 0.2) is 0 Å². The molecule has 4 heteroatoms. The lowest BCUT2D eigenvalue weighted by Gasteiger charge is -2.08. The summed E-state index contributed by atoms with van der Waals surface area (Å²) in [4.78, 5) is 13.5. The van der Waals surface area contributed by atoms with E-state index in [4.69, 9.17) is 5.11 Å². The van der Waals surface area contributed by atoms with Gasteiger partial charge in [-0.3, -0.25) is 4.79 Å². The largest absolute Gasteiger partial charge is 0.481 e. The molecule has 15 heavy (non-hydrogen) atoms. The van der Waals surface area contributed by atoms with Gasteiger partial charge in [0.25, 0.3) is 0 Å². The second kappa shape index (κ2) is 4.26. The Bertz CT molecular complexity index is 398. The fourth-order valence-corrected chi connectivity index (χ4v) is 4.63. The summed E-state index contributed by atoms with van der Waals surface area (Å²) in [6, 6.07) is 0. The van der Waals surface area contributed by atoms with E-state index in [0.29, 0.717) is 6.42 Å². The fourth-order valence-electron chi connectivity index (χ4n) is 2.08. The van der Waals surface area contributed by atoms with Gasteiger partial charge in [-0.05, 0) is 47.2 Å². The Kier molecular flexibility index (Phi) is 3.16. The normalized spacial score (nSPS) is 16.4. The highest BCUT2D eigenvalue weighted by Gasteiger charge is 2.27. The second-order valence-corrected chi connectivity index (χ2v) is 5.76. The first kappa shape index (κ1) is 11.1. The lowest BCUT2D eigenvalue weighted by molar-refractivity contribution is -0.138. The molecule has 0 saturated carbocycles. The molecule has 82 valence electrons. The Morgan fingerprint density at radius 1 is 1.60 bits per heavy atom. The van der Waals surface area contributed by atoms with E-state index in [0.717, 1.165) is 22.2 Å². The van der Waals surface area contributed by atoms with Crippen LogP contribution in [0, 0.1) is 0 Å². The third kappa shape index (κ3) is 1.85. The van der Waals surface area contributed by atoms with Crippen LogP contribution in [0.25, 0.3) is 0 Å². The van der Waals surface area contributed by atoms with E-state index in [1.54, 1.807) is 11.3 Å². The van der Waals surface area contributed by atoms with Gasteiger partial charge in [-0.1, -0.05) is 6.92 Å². The maximum Gasteiger partial charge on any atom is 0.311 e.